The third-order valence-corrected chi connectivity index (χ3v) is 6.11. The molecule has 5 rings (SSSR count). The first kappa shape index (κ1) is 23.6. The van der Waals surface area contributed by atoms with Gasteiger partial charge in [0, 0.05) is 15.5 Å². The number of rotatable bonds is 8. The Morgan fingerprint density at radius 3 is 2.42 bits per heavy atom. The van der Waals surface area contributed by atoms with Crippen LogP contribution in [-0.4, -0.2) is 16.6 Å². The molecule has 0 radical (unpaired) electrons. The number of nitrogens with one attached hydrogen (secondary N) is 1. The second kappa shape index (κ2) is 10.7. The molecule has 5 aromatic rings. The summed E-state index contributed by atoms with van der Waals surface area (Å²) in [5.41, 5.74) is 10.7. The Morgan fingerprint density at radius 2 is 1.61 bits per heavy atom. The number of benzene rings is 4. The Balaban J connectivity index is 1.51. The van der Waals surface area contributed by atoms with Gasteiger partial charge in [-0.15, -0.1) is 0 Å². The highest BCUT2D eigenvalue weighted by molar-refractivity contribution is 9.10. The van der Waals surface area contributed by atoms with Crippen LogP contribution in [0, 0.1) is 0 Å². The van der Waals surface area contributed by atoms with Crippen molar-refractivity contribution in [3.8, 4) is 22.6 Å². The minimum atomic E-state index is 0.213. The van der Waals surface area contributed by atoms with Crippen molar-refractivity contribution >= 4 is 44.3 Å². The summed E-state index contributed by atoms with van der Waals surface area (Å²) in [5.74, 6) is 2.26. The fourth-order valence-corrected chi connectivity index (χ4v) is 4.33. The van der Waals surface area contributed by atoms with Gasteiger partial charge < -0.3 is 20.5 Å². The summed E-state index contributed by atoms with van der Waals surface area (Å²) in [6, 6.07) is 30.0. The molecule has 4 aromatic carbocycles. The molecule has 180 valence electrons. The van der Waals surface area contributed by atoms with Crippen LogP contribution in [0.2, 0.25) is 0 Å². The number of nitrogen functional groups attached to an aromatic ring is 1. The molecule has 7 heteroatoms. The zero-order chi connectivity index (χ0) is 24.9. The maximum atomic E-state index is 6.17. The Kier molecular flexibility index (Phi) is 7.00. The lowest BCUT2D eigenvalue weighted by Gasteiger charge is -2.15. The highest BCUT2D eigenvalue weighted by Crippen LogP contribution is 2.36. The van der Waals surface area contributed by atoms with Gasteiger partial charge in [0.1, 0.15) is 12.4 Å². The number of halogens is 1. The van der Waals surface area contributed by atoms with Crippen molar-refractivity contribution < 1.29 is 9.47 Å². The zero-order valence-corrected chi connectivity index (χ0v) is 21.3. The van der Waals surface area contributed by atoms with Crippen LogP contribution in [0.4, 0.5) is 17.5 Å². The molecule has 36 heavy (non-hydrogen) atoms. The van der Waals surface area contributed by atoms with Gasteiger partial charge >= 0.3 is 0 Å². The molecular weight excluding hydrogens is 516 g/mol. The van der Waals surface area contributed by atoms with Crippen LogP contribution in [0.25, 0.3) is 22.0 Å². The number of aromatic nitrogens is 2. The van der Waals surface area contributed by atoms with Crippen LogP contribution in [0.15, 0.2) is 95.5 Å². The molecule has 0 spiro atoms. The van der Waals surface area contributed by atoms with Crippen LogP contribution in [0.1, 0.15) is 12.5 Å². The van der Waals surface area contributed by atoms with Crippen LogP contribution in [-0.2, 0) is 6.61 Å². The van der Waals surface area contributed by atoms with E-state index in [9.17, 15) is 0 Å². The quantitative estimate of drug-likeness (QED) is 0.214. The summed E-state index contributed by atoms with van der Waals surface area (Å²) in [7, 11) is 0. The normalized spacial score (nSPS) is 10.8. The minimum Gasteiger partial charge on any atom is -0.490 e. The topological polar surface area (TPSA) is 82.3 Å². The first-order chi connectivity index (χ1) is 17.6. The van der Waals surface area contributed by atoms with Crippen molar-refractivity contribution in [2.75, 3.05) is 17.7 Å². The number of fused-ring (bicyclic) bond motifs is 1. The van der Waals surface area contributed by atoms with Gasteiger partial charge in [0.15, 0.2) is 11.5 Å². The number of nitrogens with two attached hydrogens (primary N) is 1. The first-order valence-electron chi connectivity index (χ1n) is 11.6. The maximum Gasteiger partial charge on any atom is 0.222 e. The molecule has 0 saturated heterocycles. The van der Waals surface area contributed by atoms with E-state index in [0.29, 0.717) is 30.5 Å². The van der Waals surface area contributed by atoms with Crippen molar-refractivity contribution in [3.63, 3.8) is 0 Å². The SMILES string of the molecule is CCOc1ccc(-c2ccc3nc(N)nc(Nc4cccc(Br)c4)c3c2)cc1OCc1ccccc1. The van der Waals surface area contributed by atoms with E-state index in [4.69, 9.17) is 15.2 Å². The molecule has 0 aliphatic heterocycles. The lowest BCUT2D eigenvalue weighted by molar-refractivity contribution is 0.269. The van der Waals surface area contributed by atoms with Crippen molar-refractivity contribution in [3.05, 3.63) is 101 Å². The smallest absolute Gasteiger partial charge is 0.222 e. The standard InChI is InChI=1S/C29H25BrN4O2/c1-2-35-26-14-12-21(16-27(26)36-18-19-7-4-3-5-8-19)20-11-13-25-24(15-20)28(34-29(31)33-25)32-23-10-6-9-22(30)17-23/h3-17H,2,18H2,1H3,(H3,31,32,33,34). The Hall–Kier alpha value is -4.10. The van der Waals surface area contributed by atoms with Gasteiger partial charge in [-0.3, -0.25) is 0 Å². The van der Waals surface area contributed by atoms with Gasteiger partial charge in [-0.2, -0.15) is 4.98 Å². The maximum absolute atomic E-state index is 6.17. The number of nitrogens with zero attached hydrogens (tertiary/aromatic N) is 2. The molecule has 6 nitrogen and oxygen atoms in total. The molecule has 0 atom stereocenters. The molecular formula is C29H25BrN4O2. The summed E-state index contributed by atoms with van der Waals surface area (Å²) in [4.78, 5) is 8.90. The second-order valence-electron chi connectivity index (χ2n) is 8.17. The van der Waals surface area contributed by atoms with Gasteiger partial charge in [-0.05, 0) is 66.1 Å². The van der Waals surface area contributed by atoms with Crippen molar-refractivity contribution in [2.24, 2.45) is 0 Å². The van der Waals surface area contributed by atoms with Gasteiger partial charge in [-0.25, -0.2) is 4.98 Å². The largest absolute Gasteiger partial charge is 0.490 e. The van der Waals surface area contributed by atoms with Crippen molar-refractivity contribution in [1.82, 2.24) is 9.97 Å². The molecule has 0 aliphatic carbocycles. The van der Waals surface area contributed by atoms with E-state index in [1.807, 2.05) is 91.9 Å². The van der Waals surface area contributed by atoms with E-state index in [2.05, 4.69) is 37.3 Å². The lowest BCUT2D eigenvalue weighted by atomic mass is 10.0. The van der Waals surface area contributed by atoms with Crippen molar-refractivity contribution in [1.29, 1.82) is 0 Å². The molecule has 3 N–H and O–H groups in total. The Bertz CT molecular complexity index is 1510. The highest BCUT2D eigenvalue weighted by Gasteiger charge is 2.12. The third-order valence-electron chi connectivity index (χ3n) is 5.61. The van der Waals surface area contributed by atoms with E-state index < -0.39 is 0 Å². The van der Waals surface area contributed by atoms with E-state index in [1.165, 1.54) is 0 Å². The van der Waals surface area contributed by atoms with Crippen LogP contribution in [0.5, 0.6) is 11.5 Å². The molecule has 0 aliphatic rings. The van der Waals surface area contributed by atoms with Crippen LogP contribution < -0.4 is 20.5 Å². The predicted octanol–water partition coefficient (Wildman–Crippen LogP) is 7.36. The van der Waals surface area contributed by atoms with E-state index in [-0.39, 0.29) is 5.95 Å². The van der Waals surface area contributed by atoms with E-state index >= 15 is 0 Å². The Morgan fingerprint density at radius 1 is 0.806 bits per heavy atom. The van der Waals surface area contributed by atoms with Crippen LogP contribution >= 0.6 is 15.9 Å². The van der Waals surface area contributed by atoms with Crippen molar-refractivity contribution in [2.45, 2.75) is 13.5 Å². The van der Waals surface area contributed by atoms with E-state index in [0.717, 1.165) is 37.8 Å². The fourth-order valence-electron chi connectivity index (χ4n) is 3.93. The van der Waals surface area contributed by atoms with Gasteiger partial charge in [-0.1, -0.05) is 64.5 Å². The minimum absolute atomic E-state index is 0.213. The number of anilines is 3. The first-order valence-corrected chi connectivity index (χ1v) is 12.4. The molecule has 0 unspecified atom stereocenters. The molecule has 1 heterocycles. The summed E-state index contributed by atoms with van der Waals surface area (Å²) in [6.45, 7) is 2.97. The molecule has 0 amide bonds. The monoisotopic (exact) mass is 540 g/mol. The molecule has 1 aromatic heterocycles. The average molecular weight is 541 g/mol. The summed E-state index contributed by atoms with van der Waals surface area (Å²) >= 11 is 3.51. The summed E-state index contributed by atoms with van der Waals surface area (Å²) < 4.78 is 13.0. The molecule has 0 bridgehead atoms. The summed E-state index contributed by atoms with van der Waals surface area (Å²) in [5, 5.41) is 4.24. The van der Waals surface area contributed by atoms with Crippen LogP contribution in [0.3, 0.4) is 0 Å². The molecule has 0 fully saturated rings. The summed E-state index contributed by atoms with van der Waals surface area (Å²) in [6.07, 6.45) is 0. The van der Waals surface area contributed by atoms with Gasteiger partial charge in [0.05, 0.1) is 12.1 Å². The number of hydrogen-bond donors (Lipinski definition) is 2. The average Bonchev–Trinajstić information content (AvgIpc) is 2.89. The number of ether oxygens (including phenoxy) is 2. The highest BCUT2D eigenvalue weighted by atomic mass is 79.9. The predicted molar refractivity (Wildman–Crippen MR) is 149 cm³/mol. The Labute approximate surface area is 218 Å². The third kappa shape index (κ3) is 5.42. The van der Waals surface area contributed by atoms with E-state index in [1.54, 1.807) is 0 Å². The fraction of sp³-hybridized carbons (Fsp3) is 0.103. The van der Waals surface area contributed by atoms with Gasteiger partial charge in [0.25, 0.3) is 0 Å². The molecule has 0 saturated carbocycles. The zero-order valence-electron chi connectivity index (χ0n) is 19.7. The second-order valence-corrected chi connectivity index (χ2v) is 9.08. The lowest BCUT2D eigenvalue weighted by Crippen LogP contribution is -2.02. The van der Waals surface area contributed by atoms with Gasteiger partial charge in [0.2, 0.25) is 5.95 Å². The number of hydrogen-bond acceptors (Lipinski definition) is 6.